The van der Waals surface area contributed by atoms with E-state index < -0.39 is 30.0 Å². The van der Waals surface area contributed by atoms with Crippen LogP contribution in [0.1, 0.15) is 37.3 Å². The van der Waals surface area contributed by atoms with Crippen LogP contribution in [-0.4, -0.2) is 57.5 Å². The number of carboxylic acids is 1. The highest BCUT2D eigenvalue weighted by atomic mass is 16.4. The molecule has 0 saturated carbocycles. The summed E-state index contributed by atoms with van der Waals surface area (Å²) in [6, 6.07) is 34.8. The predicted molar refractivity (Wildman–Crippen MR) is 164 cm³/mol. The molecule has 1 aliphatic rings. The largest absolute Gasteiger partial charge is 0.480 e. The molecule has 4 aromatic carbocycles. The summed E-state index contributed by atoms with van der Waals surface area (Å²) in [4.78, 5) is 46.5. The summed E-state index contributed by atoms with van der Waals surface area (Å²) < 4.78 is 0. The second-order valence-electron chi connectivity index (χ2n) is 10.5. The van der Waals surface area contributed by atoms with Gasteiger partial charge in [-0.2, -0.15) is 0 Å². The average Bonchev–Trinajstić information content (AvgIpc) is 3.02. The molecule has 3 amide bonds. The number of hydrogen-bond acceptors (Lipinski definition) is 3. The van der Waals surface area contributed by atoms with E-state index in [2.05, 4.69) is 0 Å². The molecule has 0 aromatic heterocycles. The molecule has 0 aliphatic carbocycles. The van der Waals surface area contributed by atoms with Gasteiger partial charge >= 0.3 is 12.0 Å². The minimum absolute atomic E-state index is 0.107. The molecule has 0 radical (unpaired) electrons. The van der Waals surface area contributed by atoms with Crippen LogP contribution in [0.5, 0.6) is 0 Å². The monoisotopic (exact) mass is 561 g/mol. The number of urea groups is 1. The topological polar surface area (TPSA) is 81.2 Å². The van der Waals surface area contributed by atoms with Crippen LogP contribution in [0.15, 0.2) is 121 Å². The maximum Gasteiger partial charge on any atom is 0.329 e. The Balaban J connectivity index is 1.54. The smallest absolute Gasteiger partial charge is 0.329 e. The summed E-state index contributed by atoms with van der Waals surface area (Å²) >= 11 is 0. The Labute approximate surface area is 246 Å². The van der Waals surface area contributed by atoms with Crippen LogP contribution in [0.3, 0.4) is 0 Å². The van der Waals surface area contributed by atoms with Gasteiger partial charge in [-0.1, -0.05) is 104 Å². The van der Waals surface area contributed by atoms with Gasteiger partial charge in [0.1, 0.15) is 6.04 Å². The van der Waals surface area contributed by atoms with E-state index in [4.69, 9.17) is 0 Å². The molecule has 7 nitrogen and oxygen atoms in total. The third-order valence-corrected chi connectivity index (χ3v) is 7.99. The predicted octanol–water partition coefficient (Wildman–Crippen LogP) is 6.54. The fourth-order valence-corrected chi connectivity index (χ4v) is 5.97. The third kappa shape index (κ3) is 5.63. The van der Waals surface area contributed by atoms with Gasteiger partial charge in [-0.05, 0) is 48.7 Å². The summed E-state index contributed by atoms with van der Waals surface area (Å²) in [5.41, 5.74) is 2.93. The Hall–Kier alpha value is -4.91. The zero-order chi connectivity index (χ0) is 29.6. The molecule has 5 rings (SSSR count). The molecule has 42 heavy (non-hydrogen) atoms. The number of benzene rings is 4. The van der Waals surface area contributed by atoms with Gasteiger partial charge in [-0.3, -0.25) is 9.69 Å². The van der Waals surface area contributed by atoms with Gasteiger partial charge in [-0.15, -0.1) is 0 Å². The minimum atomic E-state index is -1.23. The lowest BCUT2D eigenvalue weighted by molar-refractivity contribution is -0.158. The second kappa shape index (κ2) is 12.7. The molecular weight excluding hydrogens is 526 g/mol. The summed E-state index contributed by atoms with van der Waals surface area (Å²) in [5.74, 6) is -2.11. The number of nitrogens with zero attached hydrogens (tertiary/aromatic N) is 3. The Morgan fingerprint density at radius 3 is 1.60 bits per heavy atom. The lowest BCUT2D eigenvalue weighted by Gasteiger charge is -2.50. The van der Waals surface area contributed by atoms with Gasteiger partial charge in [0.2, 0.25) is 5.91 Å². The molecule has 0 unspecified atom stereocenters. The number of amides is 3. The number of anilines is 2. The minimum Gasteiger partial charge on any atom is -0.480 e. The van der Waals surface area contributed by atoms with Crippen LogP contribution in [0.25, 0.3) is 0 Å². The molecule has 1 saturated heterocycles. The number of piperazine rings is 1. The van der Waals surface area contributed by atoms with Crippen molar-refractivity contribution < 1.29 is 19.5 Å². The second-order valence-corrected chi connectivity index (χ2v) is 10.5. The first-order valence-electron chi connectivity index (χ1n) is 14.3. The Bertz CT molecular complexity index is 1420. The molecule has 7 heteroatoms. The van der Waals surface area contributed by atoms with E-state index in [0.29, 0.717) is 17.8 Å². The van der Waals surface area contributed by atoms with Gasteiger partial charge in [0.25, 0.3) is 0 Å². The molecule has 1 heterocycles. The van der Waals surface area contributed by atoms with Crippen LogP contribution in [0.4, 0.5) is 16.2 Å². The van der Waals surface area contributed by atoms with Crippen molar-refractivity contribution in [2.45, 2.75) is 44.3 Å². The van der Waals surface area contributed by atoms with E-state index >= 15 is 0 Å². The Morgan fingerprint density at radius 1 is 0.762 bits per heavy atom. The van der Waals surface area contributed by atoms with E-state index in [0.717, 1.165) is 11.1 Å². The average molecular weight is 562 g/mol. The van der Waals surface area contributed by atoms with Gasteiger partial charge in [0.05, 0.1) is 29.4 Å². The van der Waals surface area contributed by atoms with E-state index in [-0.39, 0.29) is 18.5 Å². The molecule has 0 bridgehead atoms. The molecule has 3 atom stereocenters. The number of aliphatic carboxylic acids is 1. The maximum absolute atomic E-state index is 14.5. The van der Waals surface area contributed by atoms with Crippen molar-refractivity contribution in [2.75, 3.05) is 11.4 Å². The molecule has 4 aromatic rings. The van der Waals surface area contributed by atoms with Crippen molar-refractivity contribution in [1.29, 1.82) is 0 Å². The quantitative estimate of drug-likeness (QED) is 0.278. The first-order chi connectivity index (χ1) is 20.4. The van der Waals surface area contributed by atoms with Crippen LogP contribution in [0, 0.1) is 0 Å². The van der Waals surface area contributed by atoms with Gasteiger partial charge in [0, 0.05) is 6.54 Å². The van der Waals surface area contributed by atoms with Gasteiger partial charge < -0.3 is 14.9 Å². The summed E-state index contributed by atoms with van der Waals surface area (Å²) in [6.45, 7) is 3.80. The highest BCUT2D eigenvalue weighted by Crippen LogP contribution is 2.35. The summed E-state index contributed by atoms with van der Waals surface area (Å²) in [6.07, 6.45) is 0.547. The van der Waals surface area contributed by atoms with Crippen LogP contribution in [0.2, 0.25) is 0 Å². The number of hydrogen-bond donors (Lipinski definition) is 1. The van der Waals surface area contributed by atoms with Crippen molar-refractivity contribution in [1.82, 2.24) is 9.80 Å². The standard InChI is InChI=1S/C35H35N3O4/c1-3-28-24-36(33(39)31(26-16-8-4-9-17-26)27-18-10-5-11-19-27)32(34(40)41)25(2)37(28)35(42)38(29-20-12-6-13-21-29)30-22-14-7-15-23-30/h4-23,25,28,31-32H,3,24H2,1-2H3,(H,40,41)/t25-,28+,32+/m1/s1. The van der Waals surface area contributed by atoms with Crippen molar-refractivity contribution >= 4 is 29.3 Å². The van der Waals surface area contributed by atoms with Gasteiger partial charge in [0.15, 0.2) is 0 Å². The summed E-state index contributed by atoms with van der Waals surface area (Å²) in [5, 5.41) is 10.5. The molecule has 0 spiro atoms. The third-order valence-electron chi connectivity index (χ3n) is 7.99. The highest BCUT2D eigenvalue weighted by Gasteiger charge is 2.49. The first kappa shape index (κ1) is 28.6. The molecular formula is C35H35N3O4. The van der Waals surface area contributed by atoms with Crippen molar-refractivity contribution in [3.8, 4) is 0 Å². The van der Waals surface area contributed by atoms with E-state index in [1.54, 1.807) is 16.7 Å². The number of carboxylic acid groups (broad SMARTS) is 1. The van der Waals surface area contributed by atoms with E-state index in [1.807, 2.05) is 128 Å². The molecule has 1 aliphatic heterocycles. The Kier molecular flexibility index (Phi) is 8.67. The molecule has 214 valence electrons. The normalized spacial score (nSPS) is 18.5. The Morgan fingerprint density at radius 2 is 1.19 bits per heavy atom. The van der Waals surface area contributed by atoms with Gasteiger partial charge in [-0.25, -0.2) is 9.59 Å². The number of carbonyl (C=O) groups excluding carboxylic acids is 2. The fraction of sp³-hybridized carbons (Fsp3) is 0.229. The number of para-hydroxylation sites is 2. The van der Waals surface area contributed by atoms with Crippen molar-refractivity contribution in [2.24, 2.45) is 0 Å². The number of rotatable bonds is 7. The van der Waals surface area contributed by atoms with Crippen molar-refractivity contribution in [3.63, 3.8) is 0 Å². The van der Waals surface area contributed by atoms with E-state index in [9.17, 15) is 19.5 Å². The van der Waals surface area contributed by atoms with Crippen LogP contribution >= 0.6 is 0 Å². The van der Waals surface area contributed by atoms with E-state index in [1.165, 1.54) is 4.90 Å². The molecule has 1 N–H and O–H groups in total. The number of carbonyl (C=O) groups is 3. The molecule has 1 fully saturated rings. The van der Waals surface area contributed by atoms with Crippen LogP contribution < -0.4 is 4.90 Å². The maximum atomic E-state index is 14.5. The van der Waals surface area contributed by atoms with Crippen molar-refractivity contribution in [3.05, 3.63) is 132 Å². The first-order valence-corrected chi connectivity index (χ1v) is 14.3. The fourth-order valence-electron chi connectivity index (χ4n) is 5.97. The zero-order valence-electron chi connectivity index (χ0n) is 23.8. The summed E-state index contributed by atoms with van der Waals surface area (Å²) in [7, 11) is 0. The highest BCUT2D eigenvalue weighted by molar-refractivity contribution is 6.00. The van der Waals surface area contributed by atoms with Crippen LogP contribution in [-0.2, 0) is 9.59 Å². The zero-order valence-corrected chi connectivity index (χ0v) is 23.8. The SMILES string of the molecule is CC[C@H]1CN(C(=O)C(c2ccccc2)c2ccccc2)[C@H](C(=O)O)[C@@H](C)N1C(=O)N(c1ccccc1)c1ccccc1. The lowest BCUT2D eigenvalue weighted by atomic mass is 9.87. The lowest BCUT2D eigenvalue weighted by Crippen LogP contribution is -2.69.